The number of hydrogen-bond acceptors (Lipinski definition) is 6. The molecule has 0 saturated carbocycles. The van der Waals surface area contributed by atoms with Gasteiger partial charge in [0.25, 0.3) is 5.69 Å². The number of hydrogen-bond donors (Lipinski definition) is 1. The summed E-state index contributed by atoms with van der Waals surface area (Å²) in [6.45, 7) is 0.0428. The standard InChI is InChI=1S/C13H12N2O5/c1-14-12-10(3-2-4-11(12)15(17)18)13(16)20-8-9-5-6-19-7-9/h2-7,14H,8H2,1H3. The molecule has 0 aliphatic heterocycles. The molecule has 0 aliphatic carbocycles. The van der Waals surface area contributed by atoms with E-state index < -0.39 is 10.9 Å². The molecule has 104 valence electrons. The number of para-hydroxylation sites is 1. The van der Waals surface area contributed by atoms with Crippen LogP contribution in [0.1, 0.15) is 15.9 Å². The van der Waals surface area contributed by atoms with Crippen molar-refractivity contribution in [1.29, 1.82) is 0 Å². The third-order valence-corrected chi connectivity index (χ3v) is 2.66. The molecule has 0 radical (unpaired) electrons. The van der Waals surface area contributed by atoms with Crippen LogP contribution in [0.4, 0.5) is 11.4 Å². The fourth-order valence-corrected chi connectivity index (χ4v) is 1.73. The zero-order valence-electron chi connectivity index (χ0n) is 10.7. The normalized spacial score (nSPS) is 10.1. The Morgan fingerprint density at radius 3 is 2.85 bits per heavy atom. The van der Waals surface area contributed by atoms with Crippen LogP contribution in [0.3, 0.4) is 0 Å². The average molecular weight is 276 g/mol. The molecule has 2 rings (SSSR count). The van der Waals surface area contributed by atoms with Crippen molar-refractivity contribution in [3.63, 3.8) is 0 Å². The minimum Gasteiger partial charge on any atom is -0.472 e. The quantitative estimate of drug-likeness (QED) is 0.512. The Hall–Kier alpha value is -2.83. The summed E-state index contributed by atoms with van der Waals surface area (Å²) in [4.78, 5) is 22.3. The number of esters is 1. The van der Waals surface area contributed by atoms with Crippen LogP contribution in [0.5, 0.6) is 0 Å². The molecule has 1 aromatic heterocycles. The zero-order chi connectivity index (χ0) is 14.5. The van der Waals surface area contributed by atoms with Crippen LogP contribution in [0, 0.1) is 10.1 Å². The fraction of sp³-hybridized carbons (Fsp3) is 0.154. The first-order chi connectivity index (χ1) is 9.63. The summed E-state index contributed by atoms with van der Waals surface area (Å²) >= 11 is 0. The third-order valence-electron chi connectivity index (χ3n) is 2.66. The van der Waals surface area contributed by atoms with E-state index in [9.17, 15) is 14.9 Å². The molecular formula is C13H12N2O5. The molecule has 0 aliphatic rings. The number of ether oxygens (including phenoxy) is 1. The topological polar surface area (TPSA) is 94.6 Å². The molecule has 0 spiro atoms. The van der Waals surface area contributed by atoms with E-state index in [1.54, 1.807) is 6.07 Å². The van der Waals surface area contributed by atoms with Gasteiger partial charge in [-0.1, -0.05) is 6.07 Å². The van der Waals surface area contributed by atoms with E-state index in [4.69, 9.17) is 9.15 Å². The molecule has 20 heavy (non-hydrogen) atoms. The van der Waals surface area contributed by atoms with Gasteiger partial charge < -0.3 is 14.5 Å². The highest BCUT2D eigenvalue weighted by Crippen LogP contribution is 2.28. The van der Waals surface area contributed by atoms with Crippen molar-refractivity contribution in [2.75, 3.05) is 12.4 Å². The predicted molar refractivity (Wildman–Crippen MR) is 70.5 cm³/mol. The highest BCUT2D eigenvalue weighted by molar-refractivity contribution is 5.98. The van der Waals surface area contributed by atoms with Crippen molar-refractivity contribution >= 4 is 17.3 Å². The van der Waals surface area contributed by atoms with Gasteiger partial charge in [-0.3, -0.25) is 10.1 Å². The Morgan fingerprint density at radius 1 is 1.45 bits per heavy atom. The van der Waals surface area contributed by atoms with Crippen molar-refractivity contribution in [3.05, 3.63) is 58.0 Å². The lowest BCUT2D eigenvalue weighted by Gasteiger charge is -2.09. The highest BCUT2D eigenvalue weighted by Gasteiger charge is 2.21. The molecule has 0 fully saturated rings. The van der Waals surface area contributed by atoms with Gasteiger partial charge in [0.2, 0.25) is 0 Å². The summed E-state index contributed by atoms with van der Waals surface area (Å²) in [5, 5.41) is 13.6. The van der Waals surface area contributed by atoms with Gasteiger partial charge in [0, 0.05) is 18.7 Å². The number of nitro benzene ring substituents is 1. The van der Waals surface area contributed by atoms with Gasteiger partial charge >= 0.3 is 5.97 Å². The number of rotatable bonds is 5. The summed E-state index contributed by atoms with van der Waals surface area (Å²) in [7, 11) is 1.51. The second-order valence-corrected chi connectivity index (χ2v) is 3.91. The first kappa shape index (κ1) is 13.6. The van der Waals surface area contributed by atoms with Gasteiger partial charge in [-0.15, -0.1) is 0 Å². The lowest BCUT2D eigenvalue weighted by atomic mass is 10.1. The van der Waals surface area contributed by atoms with Crippen LogP contribution in [0.2, 0.25) is 0 Å². The van der Waals surface area contributed by atoms with Crippen LogP contribution < -0.4 is 5.32 Å². The van der Waals surface area contributed by atoms with E-state index in [-0.39, 0.29) is 23.5 Å². The number of carbonyl (C=O) groups excluding carboxylic acids is 1. The molecule has 2 aromatic rings. The van der Waals surface area contributed by atoms with Gasteiger partial charge in [-0.05, 0) is 12.1 Å². The summed E-state index contributed by atoms with van der Waals surface area (Å²) < 4.78 is 9.94. The van der Waals surface area contributed by atoms with E-state index in [1.165, 1.54) is 37.8 Å². The Bertz CT molecular complexity index is 622. The maximum absolute atomic E-state index is 12.0. The predicted octanol–water partition coefficient (Wildman–Crippen LogP) is 2.59. The molecule has 0 bridgehead atoms. The Labute approximate surface area is 114 Å². The highest BCUT2D eigenvalue weighted by atomic mass is 16.6. The lowest BCUT2D eigenvalue weighted by Crippen LogP contribution is -2.09. The van der Waals surface area contributed by atoms with Crippen LogP contribution in [-0.2, 0) is 11.3 Å². The molecule has 1 aromatic carbocycles. The molecule has 0 atom stereocenters. The third kappa shape index (κ3) is 2.77. The summed E-state index contributed by atoms with van der Waals surface area (Å²) in [5.74, 6) is -0.640. The molecule has 7 heteroatoms. The second-order valence-electron chi connectivity index (χ2n) is 3.91. The summed E-state index contributed by atoms with van der Waals surface area (Å²) in [6, 6.07) is 5.89. The molecule has 7 nitrogen and oxygen atoms in total. The largest absolute Gasteiger partial charge is 0.472 e. The number of nitro groups is 1. The SMILES string of the molecule is CNc1c(C(=O)OCc2ccoc2)cccc1[N+](=O)[O-]. The number of nitrogens with one attached hydrogen (secondary N) is 1. The van der Waals surface area contributed by atoms with Crippen LogP contribution >= 0.6 is 0 Å². The van der Waals surface area contributed by atoms with Gasteiger partial charge in [0.15, 0.2) is 0 Å². The molecule has 0 saturated heterocycles. The molecular weight excluding hydrogens is 264 g/mol. The van der Waals surface area contributed by atoms with Gasteiger partial charge in [0.1, 0.15) is 12.3 Å². The number of benzene rings is 1. The monoisotopic (exact) mass is 276 g/mol. The van der Waals surface area contributed by atoms with Gasteiger partial charge in [-0.2, -0.15) is 0 Å². The van der Waals surface area contributed by atoms with Crippen molar-refractivity contribution in [2.45, 2.75) is 6.61 Å². The van der Waals surface area contributed by atoms with Crippen molar-refractivity contribution in [1.82, 2.24) is 0 Å². The number of furan rings is 1. The smallest absolute Gasteiger partial charge is 0.340 e. The van der Waals surface area contributed by atoms with E-state index in [0.29, 0.717) is 5.56 Å². The summed E-state index contributed by atoms with van der Waals surface area (Å²) in [5.41, 5.74) is 0.778. The minimum atomic E-state index is -0.640. The first-order valence-electron chi connectivity index (χ1n) is 5.77. The zero-order valence-corrected chi connectivity index (χ0v) is 10.7. The van der Waals surface area contributed by atoms with Crippen molar-refractivity contribution in [3.8, 4) is 0 Å². The molecule has 0 unspecified atom stereocenters. The van der Waals surface area contributed by atoms with E-state index in [2.05, 4.69) is 5.32 Å². The van der Waals surface area contributed by atoms with Crippen molar-refractivity contribution in [2.24, 2.45) is 0 Å². The molecule has 0 amide bonds. The maximum atomic E-state index is 12.0. The van der Waals surface area contributed by atoms with Gasteiger partial charge in [0.05, 0.1) is 23.0 Å². The summed E-state index contributed by atoms with van der Waals surface area (Å²) in [6.07, 6.45) is 2.93. The van der Waals surface area contributed by atoms with Gasteiger partial charge in [-0.25, -0.2) is 4.79 Å². The molecule has 1 heterocycles. The van der Waals surface area contributed by atoms with E-state index in [0.717, 1.165) is 0 Å². The number of anilines is 1. The number of carbonyl (C=O) groups is 1. The second kappa shape index (κ2) is 5.87. The fourth-order valence-electron chi connectivity index (χ4n) is 1.73. The van der Waals surface area contributed by atoms with Crippen LogP contribution in [0.25, 0.3) is 0 Å². The molecule has 1 N–H and O–H groups in total. The number of nitrogens with zero attached hydrogens (tertiary/aromatic N) is 1. The Balaban J connectivity index is 2.21. The first-order valence-corrected chi connectivity index (χ1v) is 5.77. The van der Waals surface area contributed by atoms with E-state index >= 15 is 0 Å². The Morgan fingerprint density at radius 2 is 2.25 bits per heavy atom. The minimum absolute atomic E-state index is 0.0428. The maximum Gasteiger partial charge on any atom is 0.340 e. The van der Waals surface area contributed by atoms with Crippen molar-refractivity contribution < 1.29 is 18.9 Å². The Kier molecular flexibility index (Phi) is 3.99. The van der Waals surface area contributed by atoms with Crippen LogP contribution in [-0.4, -0.2) is 17.9 Å². The van der Waals surface area contributed by atoms with Crippen LogP contribution in [0.15, 0.2) is 41.2 Å². The lowest BCUT2D eigenvalue weighted by molar-refractivity contribution is -0.384. The average Bonchev–Trinajstić information content (AvgIpc) is 2.97. The van der Waals surface area contributed by atoms with E-state index in [1.807, 2.05) is 0 Å².